The summed E-state index contributed by atoms with van der Waals surface area (Å²) in [5, 5.41) is 0. The average molecular weight is 363 g/mol. The lowest BCUT2D eigenvalue weighted by atomic mass is 10.0. The molecule has 0 aliphatic rings. The van der Waals surface area contributed by atoms with Crippen LogP contribution in [0.3, 0.4) is 0 Å². The van der Waals surface area contributed by atoms with Gasteiger partial charge in [-0.3, -0.25) is 0 Å². The molecule has 0 bridgehead atoms. The summed E-state index contributed by atoms with van der Waals surface area (Å²) in [7, 11) is 0. The predicted molar refractivity (Wildman–Crippen MR) is 116 cm³/mol. The first-order valence-corrected chi connectivity index (χ1v) is 10.5. The van der Waals surface area contributed by atoms with E-state index < -0.39 is 0 Å². The number of ether oxygens (including phenoxy) is 1. The molecule has 144 valence electrons. The first-order valence-electron chi connectivity index (χ1n) is 10.5. The smallest absolute Gasteiger partial charge is 0.119 e. The van der Waals surface area contributed by atoms with Gasteiger partial charge in [0.25, 0.3) is 0 Å². The first kappa shape index (κ1) is 21.1. The molecule has 0 saturated carbocycles. The van der Waals surface area contributed by atoms with Crippen molar-refractivity contribution in [2.75, 3.05) is 6.61 Å². The highest BCUT2D eigenvalue weighted by atomic mass is 16.5. The van der Waals surface area contributed by atoms with E-state index in [1.165, 1.54) is 37.7 Å². The van der Waals surface area contributed by atoms with Gasteiger partial charge in [-0.1, -0.05) is 70.4 Å². The van der Waals surface area contributed by atoms with Crippen molar-refractivity contribution in [1.29, 1.82) is 0 Å². The first-order chi connectivity index (χ1) is 13.2. The summed E-state index contributed by atoms with van der Waals surface area (Å²) in [5.41, 5.74) is 3.51. The molecule has 0 heterocycles. The van der Waals surface area contributed by atoms with Gasteiger partial charge in [-0.15, -0.1) is 0 Å². The maximum atomic E-state index is 5.69. The van der Waals surface area contributed by atoms with Gasteiger partial charge in [-0.05, 0) is 67.1 Å². The monoisotopic (exact) mass is 362 g/mol. The van der Waals surface area contributed by atoms with E-state index in [1.54, 1.807) is 0 Å². The fourth-order valence-electron chi connectivity index (χ4n) is 2.93. The summed E-state index contributed by atoms with van der Waals surface area (Å²) in [6.07, 6.45) is 8.73. The standard InChI is InChI=1S/C26H34O/c1-4-5-21-27-26-19-17-25(18-20-26)16-15-24-13-11-23(12-14-24)10-8-6-7-9-22(2)3/h11-14,17-20,22H,4-10,21H2,1-3H3. The van der Waals surface area contributed by atoms with Crippen molar-refractivity contribution in [1.82, 2.24) is 0 Å². The van der Waals surface area contributed by atoms with Gasteiger partial charge in [0, 0.05) is 11.1 Å². The van der Waals surface area contributed by atoms with Gasteiger partial charge in [0.15, 0.2) is 0 Å². The maximum absolute atomic E-state index is 5.69. The number of hydrogen-bond donors (Lipinski definition) is 0. The highest BCUT2D eigenvalue weighted by Gasteiger charge is 1.97. The zero-order valence-electron chi connectivity index (χ0n) is 17.3. The molecule has 2 aromatic carbocycles. The van der Waals surface area contributed by atoms with Crippen molar-refractivity contribution < 1.29 is 4.74 Å². The molecule has 0 aliphatic carbocycles. The highest BCUT2D eigenvalue weighted by molar-refractivity contribution is 5.44. The summed E-state index contributed by atoms with van der Waals surface area (Å²) in [6.45, 7) is 7.55. The topological polar surface area (TPSA) is 9.23 Å². The van der Waals surface area contributed by atoms with Crippen LogP contribution in [-0.2, 0) is 6.42 Å². The molecule has 1 heteroatoms. The van der Waals surface area contributed by atoms with E-state index in [0.29, 0.717) is 0 Å². The van der Waals surface area contributed by atoms with E-state index in [-0.39, 0.29) is 0 Å². The van der Waals surface area contributed by atoms with Crippen molar-refractivity contribution in [3.63, 3.8) is 0 Å². The zero-order chi connectivity index (χ0) is 19.3. The fourth-order valence-corrected chi connectivity index (χ4v) is 2.93. The van der Waals surface area contributed by atoms with Crippen LogP contribution >= 0.6 is 0 Å². The molecule has 0 radical (unpaired) electrons. The van der Waals surface area contributed by atoms with Crippen molar-refractivity contribution in [3.05, 3.63) is 65.2 Å². The second-order valence-electron chi connectivity index (χ2n) is 7.67. The maximum Gasteiger partial charge on any atom is 0.119 e. The summed E-state index contributed by atoms with van der Waals surface area (Å²) < 4.78 is 5.69. The molecular formula is C26H34O. The Morgan fingerprint density at radius 2 is 1.41 bits per heavy atom. The van der Waals surface area contributed by atoms with E-state index in [1.807, 2.05) is 24.3 Å². The van der Waals surface area contributed by atoms with E-state index in [2.05, 4.69) is 56.9 Å². The third-order valence-corrected chi connectivity index (χ3v) is 4.67. The van der Waals surface area contributed by atoms with Gasteiger partial charge >= 0.3 is 0 Å². The third kappa shape index (κ3) is 8.83. The fraction of sp³-hybridized carbons (Fsp3) is 0.462. The van der Waals surface area contributed by atoms with Gasteiger partial charge in [-0.25, -0.2) is 0 Å². The van der Waals surface area contributed by atoms with Crippen molar-refractivity contribution >= 4 is 0 Å². The van der Waals surface area contributed by atoms with Gasteiger partial charge in [-0.2, -0.15) is 0 Å². The van der Waals surface area contributed by atoms with Crippen LogP contribution < -0.4 is 4.74 Å². The summed E-state index contributed by atoms with van der Waals surface area (Å²) in [4.78, 5) is 0. The quantitative estimate of drug-likeness (QED) is 0.326. The minimum absolute atomic E-state index is 0.783. The molecule has 27 heavy (non-hydrogen) atoms. The molecule has 0 spiro atoms. The minimum atomic E-state index is 0.783. The van der Waals surface area contributed by atoms with Crippen LogP contribution in [0.15, 0.2) is 48.5 Å². The lowest BCUT2D eigenvalue weighted by Gasteiger charge is -2.05. The largest absolute Gasteiger partial charge is 0.494 e. The van der Waals surface area contributed by atoms with Crippen molar-refractivity contribution in [3.8, 4) is 17.6 Å². The Bertz CT molecular complexity index is 699. The molecule has 2 rings (SSSR count). The Kier molecular flexibility index (Phi) is 9.56. The van der Waals surface area contributed by atoms with E-state index >= 15 is 0 Å². The lowest BCUT2D eigenvalue weighted by Crippen LogP contribution is -1.95. The second kappa shape index (κ2) is 12.2. The molecule has 0 fully saturated rings. The third-order valence-electron chi connectivity index (χ3n) is 4.67. The molecule has 2 aromatic rings. The van der Waals surface area contributed by atoms with Crippen LogP contribution in [0, 0.1) is 17.8 Å². The van der Waals surface area contributed by atoms with E-state index in [0.717, 1.165) is 42.2 Å². The number of rotatable bonds is 10. The van der Waals surface area contributed by atoms with Gasteiger partial charge in [0.2, 0.25) is 0 Å². The summed E-state index contributed by atoms with van der Waals surface area (Å²) >= 11 is 0. The summed E-state index contributed by atoms with van der Waals surface area (Å²) in [6, 6.07) is 16.8. The predicted octanol–water partition coefficient (Wildman–Crippen LogP) is 7.02. The van der Waals surface area contributed by atoms with E-state index in [9.17, 15) is 0 Å². The van der Waals surface area contributed by atoms with Crippen LogP contribution in [0.2, 0.25) is 0 Å². The Morgan fingerprint density at radius 1 is 0.778 bits per heavy atom. The number of hydrogen-bond acceptors (Lipinski definition) is 1. The molecule has 0 amide bonds. The molecule has 0 unspecified atom stereocenters. The molecule has 0 atom stereocenters. The Morgan fingerprint density at radius 3 is 2.00 bits per heavy atom. The van der Waals surface area contributed by atoms with Crippen molar-refractivity contribution in [2.24, 2.45) is 5.92 Å². The van der Waals surface area contributed by atoms with Gasteiger partial charge in [0.05, 0.1) is 6.61 Å². The Balaban J connectivity index is 1.79. The minimum Gasteiger partial charge on any atom is -0.494 e. The van der Waals surface area contributed by atoms with Crippen LogP contribution in [-0.4, -0.2) is 6.61 Å². The number of aryl methyl sites for hydroxylation is 1. The second-order valence-corrected chi connectivity index (χ2v) is 7.67. The Hall–Kier alpha value is -2.20. The SMILES string of the molecule is CCCCOc1ccc(C#Cc2ccc(CCCCCC(C)C)cc2)cc1. The molecule has 0 aliphatic heterocycles. The number of benzene rings is 2. The van der Waals surface area contributed by atoms with Crippen LogP contribution in [0.5, 0.6) is 5.75 Å². The molecule has 0 N–H and O–H groups in total. The van der Waals surface area contributed by atoms with Gasteiger partial charge in [0.1, 0.15) is 5.75 Å². The lowest BCUT2D eigenvalue weighted by molar-refractivity contribution is 0.309. The molecular weight excluding hydrogens is 328 g/mol. The molecule has 0 aromatic heterocycles. The van der Waals surface area contributed by atoms with Crippen LogP contribution in [0.25, 0.3) is 0 Å². The Labute approximate surface area is 166 Å². The van der Waals surface area contributed by atoms with Gasteiger partial charge < -0.3 is 4.74 Å². The normalized spacial score (nSPS) is 10.5. The highest BCUT2D eigenvalue weighted by Crippen LogP contribution is 2.14. The van der Waals surface area contributed by atoms with Crippen LogP contribution in [0.4, 0.5) is 0 Å². The summed E-state index contributed by atoms with van der Waals surface area (Å²) in [5.74, 6) is 8.25. The van der Waals surface area contributed by atoms with Crippen LogP contribution in [0.1, 0.15) is 76.0 Å². The van der Waals surface area contributed by atoms with Crippen molar-refractivity contribution in [2.45, 2.75) is 65.7 Å². The number of unbranched alkanes of at least 4 members (excludes halogenated alkanes) is 3. The van der Waals surface area contributed by atoms with E-state index in [4.69, 9.17) is 4.74 Å². The average Bonchev–Trinajstić information content (AvgIpc) is 2.68. The zero-order valence-corrected chi connectivity index (χ0v) is 17.3. The molecule has 1 nitrogen and oxygen atoms in total. The molecule has 0 saturated heterocycles.